The third kappa shape index (κ3) is 4.20. The average molecular weight is 607 g/mol. The highest BCUT2D eigenvalue weighted by Crippen LogP contribution is 2.59. The standard InChI is InChI=1S/C32H30O12/c1-31(37)11-17(34)24-16(33)7-13-8-19(40-4)26(28(42-6)21(13)29(24)43-31)23-15-9-14(39-3)10-20(41-5)22(15)27(36)25-18(35)12-32(2,38)44-30(23)25/h7-10,33,36-38H,11-12H2,1-6H3. The number of benzene rings is 4. The lowest BCUT2D eigenvalue weighted by atomic mass is 9.85. The van der Waals surface area contributed by atoms with Crippen molar-refractivity contribution in [2.45, 2.75) is 38.3 Å². The van der Waals surface area contributed by atoms with Gasteiger partial charge in [-0.3, -0.25) is 9.59 Å². The topological polar surface area (TPSA) is 170 Å². The Balaban J connectivity index is 1.88. The second-order valence-corrected chi connectivity index (χ2v) is 11.1. The van der Waals surface area contributed by atoms with Crippen LogP contribution in [0.1, 0.15) is 47.4 Å². The monoisotopic (exact) mass is 606 g/mol. The summed E-state index contributed by atoms with van der Waals surface area (Å²) in [4.78, 5) is 26.6. The predicted octanol–water partition coefficient (Wildman–Crippen LogP) is 4.45. The van der Waals surface area contributed by atoms with E-state index in [9.17, 15) is 30.0 Å². The van der Waals surface area contributed by atoms with Gasteiger partial charge in [0.1, 0.15) is 57.1 Å². The number of aromatic hydroxyl groups is 2. The number of hydrogen-bond donors (Lipinski definition) is 4. The fourth-order valence-corrected chi connectivity index (χ4v) is 6.12. The van der Waals surface area contributed by atoms with Crippen LogP contribution in [0.2, 0.25) is 0 Å². The number of ketones is 2. The van der Waals surface area contributed by atoms with Crippen LogP contribution in [0, 0.1) is 0 Å². The number of hydrogen-bond acceptors (Lipinski definition) is 12. The lowest BCUT2D eigenvalue weighted by molar-refractivity contribution is -0.123. The molecule has 4 aromatic rings. The Hall–Kier alpha value is -4.94. The van der Waals surface area contributed by atoms with E-state index in [0.717, 1.165) is 0 Å². The highest BCUT2D eigenvalue weighted by Gasteiger charge is 2.43. The molecule has 0 aliphatic carbocycles. The second-order valence-electron chi connectivity index (χ2n) is 11.1. The van der Waals surface area contributed by atoms with Gasteiger partial charge in [-0.1, -0.05) is 0 Å². The minimum Gasteiger partial charge on any atom is -0.507 e. The molecule has 0 fully saturated rings. The van der Waals surface area contributed by atoms with Gasteiger partial charge in [-0.2, -0.15) is 0 Å². The molecule has 0 spiro atoms. The van der Waals surface area contributed by atoms with Crippen LogP contribution in [0.25, 0.3) is 32.7 Å². The molecule has 2 aliphatic heterocycles. The maximum absolute atomic E-state index is 13.5. The summed E-state index contributed by atoms with van der Waals surface area (Å²) in [5.41, 5.74) is -0.00844. The molecule has 2 unspecified atom stereocenters. The average Bonchev–Trinajstić information content (AvgIpc) is 2.94. The second kappa shape index (κ2) is 9.79. The number of carbonyl (C=O) groups excluding carboxylic acids is 2. The van der Waals surface area contributed by atoms with Crippen molar-refractivity contribution in [3.8, 4) is 57.1 Å². The van der Waals surface area contributed by atoms with E-state index in [1.807, 2.05) is 0 Å². The number of fused-ring (bicyclic) bond motifs is 5. The fourth-order valence-electron chi connectivity index (χ4n) is 6.12. The molecule has 6 rings (SSSR count). The molecule has 4 N–H and O–H groups in total. The number of phenols is 2. The minimum absolute atomic E-state index is 0.0540. The first kappa shape index (κ1) is 29.1. The summed E-state index contributed by atoms with van der Waals surface area (Å²) in [5, 5.41) is 45.1. The van der Waals surface area contributed by atoms with E-state index in [4.69, 9.17) is 28.4 Å². The van der Waals surface area contributed by atoms with Gasteiger partial charge in [0.25, 0.3) is 0 Å². The van der Waals surface area contributed by atoms with Gasteiger partial charge in [0.2, 0.25) is 11.6 Å². The fraction of sp³-hybridized carbons (Fsp3) is 0.312. The third-order valence-electron chi connectivity index (χ3n) is 7.86. The summed E-state index contributed by atoms with van der Waals surface area (Å²) in [6.45, 7) is 2.64. The Morgan fingerprint density at radius 1 is 0.682 bits per heavy atom. The van der Waals surface area contributed by atoms with Crippen LogP contribution < -0.4 is 28.4 Å². The molecule has 230 valence electrons. The number of methoxy groups -OCH3 is 4. The number of ether oxygens (including phenoxy) is 6. The van der Waals surface area contributed by atoms with Crippen LogP contribution in [-0.4, -0.2) is 72.0 Å². The first-order valence-electron chi connectivity index (χ1n) is 13.5. The molecule has 2 atom stereocenters. The van der Waals surface area contributed by atoms with Crippen molar-refractivity contribution >= 4 is 33.1 Å². The van der Waals surface area contributed by atoms with Gasteiger partial charge in [-0.15, -0.1) is 0 Å². The Morgan fingerprint density at radius 2 is 1.30 bits per heavy atom. The molecule has 12 heteroatoms. The first-order valence-corrected chi connectivity index (χ1v) is 13.5. The van der Waals surface area contributed by atoms with Crippen molar-refractivity contribution in [1.29, 1.82) is 0 Å². The van der Waals surface area contributed by atoms with Crippen molar-refractivity contribution in [3.05, 3.63) is 35.4 Å². The van der Waals surface area contributed by atoms with E-state index in [1.54, 1.807) is 12.1 Å². The van der Waals surface area contributed by atoms with E-state index < -0.39 is 41.7 Å². The predicted molar refractivity (Wildman–Crippen MR) is 157 cm³/mol. The van der Waals surface area contributed by atoms with Crippen molar-refractivity contribution in [2.24, 2.45) is 0 Å². The molecule has 0 aromatic heterocycles. The van der Waals surface area contributed by atoms with Crippen LogP contribution in [0.4, 0.5) is 0 Å². The molecule has 2 heterocycles. The van der Waals surface area contributed by atoms with E-state index in [1.165, 1.54) is 54.4 Å². The van der Waals surface area contributed by atoms with Crippen LogP contribution in [0.15, 0.2) is 24.3 Å². The molecule has 0 saturated carbocycles. The molecular formula is C32H30O12. The maximum Gasteiger partial charge on any atom is 0.212 e. The quantitative estimate of drug-likeness (QED) is 0.252. The van der Waals surface area contributed by atoms with Crippen LogP contribution in [0.5, 0.6) is 46.0 Å². The van der Waals surface area contributed by atoms with E-state index >= 15 is 0 Å². The third-order valence-corrected chi connectivity index (χ3v) is 7.86. The van der Waals surface area contributed by atoms with Crippen molar-refractivity contribution in [3.63, 3.8) is 0 Å². The Kier molecular flexibility index (Phi) is 6.49. The summed E-state index contributed by atoms with van der Waals surface area (Å²) in [5.74, 6) is -5.35. The SMILES string of the molecule is COc1cc(OC)c2c(O)c3c(c(-c4c(OC)cc5cc(O)c6c(c5c4OC)OC(C)(O)CC6=O)c2c1)OC(C)(O)CC3=O. The van der Waals surface area contributed by atoms with Gasteiger partial charge >= 0.3 is 0 Å². The van der Waals surface area contributed by atoms with Crippen molar-refractivity contribution < 1.29 is 58.4 Å². The molecule has 2 aliphatic rings. The number of aliphatic hydroxyl groups is 2. The lowest BCUT2D eigenvalue weighted by Gasteiger charge is -2.34. The zero-order chi connectivity index (χ0) is 31.9. The molecule has 12 nitrogen and oxygen atoms in total. The van der Waals surface area contributed by atoms with E-state index in [-0.39, 0.29) is 72.9 Å². The van der Waals surface area contributed by atoms with Gasteiger partial charge in [0, 0.05) is 30.9 Å². The first-order chi connectivity index (χ1) is 20.8. The molecule has 0 radical (unpaired) electrons. The highest BCUT2D eigenvalue weighted by atomic mass is 16.6. The van der Waals surface area contributed by atoms with Gasteiger partial charge < -0.3 is 48.8 Å². The number of phenolic OH excluding ortho intramolecular Hbond substituents is 2. The summed E-state index contributed by atoms with van der Waals surface area (Å²) >= 11 is 0. The molecule has 44 heavy (non-hydrogen) atoms. The smallest absolute Gasteiger partial charge is 0.212 e. The molecular weight excluding hydrogens is 576 g/mol. The largest absolute Gasteiger partial charge is 0.507 e. The van der Waals surface area contributed by atoms with Crippen LogP contribution in [-0.2, 0) is 0 Å². The maximum atomic E-state index is 13.5. The normalized spacial score (nSPS) is 20.9. The number of Topliss-reactive ketones (excluding diaryl/α,β-unsaturated/α-hetero) is 2. The highest BCUT2D eigenvalue weighted by molar-refractivity contribution is 6.19. The van der Waals surface area contributed by atoms with Gasteiger partial charge in [-0.25, -0.2) is 0 Å². The summed E-state index contributed by atoms with van der Waals surface area (Å²) < 4.78 is 34.8. The van der Waals surface area contributed by atoms with Crippen molar-refractivity contribution in [2.75, 3.05) is 28.4 Å². The van der Waals surface area contributed by atoms with Crippen LogP contribution >= 0.6 is 0 Å². The summed E-state index contributed by atoms with van der Waals surface area (Å²) in [7, 11) is 5.59. The molecule has 0 saturated heterocycles. The van der Waals surface area contributed by atoms with Crippen molar-refractivity contribution in [1.82, 2.24) is 0 Å². The number of rotatable bonds is 5. The molecule has 0 amide bonds. The summed E-state index contributed by atoms with van der Waals surface area (Å²) in [6, 6.07) is 6.03. The zero-order valence-electron chi connectivity index (χ0n) is 24.8. The van der Waals surface area contributed by atoms with Gasteiger partial charge in [-0.05, 0) is 23.6 Å². The van der Waals surface area contributed by atoms with E-state index in [2.05, 4.69) is 0 Å². The van der Waals surface area contributed by atoms with Gasteiger partial charge in [0.05, 0.1) is 57.6 Å². The van der Waals surface area contributed by atoms with E-state index in [0.29, 0.717) is 11.1 Å². The van der Waals surface area contributed by atoms with Gasteiger partial charge in [0.15, 0.2) is 11.6 Å². The minimum atomic E-state index is -1.95. The Morgan fingerprint density at radius 3 is 1.89 bits per heavy atom. The summed E-state index contributed by atoms with van der Waals surface area (Å²) in [6.07, 6.45) is -0.841. The molecule has 0 bridgehead atoms. The Labute approximate surface area is 250 Å². The lowest BCUT2D eigenvalue weighted by Crippen LogP contribution is -2.39. The molecule has 4 aromatic carbocycles. The zero-order valence-corrected chi connectivity index (χ0v) is 24.8. The number of carbonyl (C=O) groups is 2. The van der Waals surface area contributed by atoms with Crippen LogP contribution in [0.3, 0.4) is 0 Å². The Bertz CT molecular complexity index is 1920.